The van der Waals surface area contributed by atoms with E-state index < -0.39 is 15.6 Å². The van der Waals surface area contributed by atoms with E-state index in [1.54, 1.807) is 19.9 Å². The summed E-state index contributed by atoms with van der Waals surface area (Å²) in [6.45, 7) is 3.75. The van der Waals surface area contributed by atoms with E-state index in [1.165, 1.54) is 30.5 Å². The summed E-state index contributed by atoms with van der Waals surface area (Å²) in [6, 6.07) is 7.12. The van der Waals surface area contributed by atoms with Crippen LogP contribution in [0, 0.1) is 5.82 Å². The topological polar surface area (TPSA) is 93.2 Å². The number of benzene rings is 1. The maximum Gasteiger partial charge on any atom is 0.226 e. The lowest BCUT2D eigenvalue weighted by molar-refractivity contribution is 0.457. The summed E-state index contributed by atoms with van der Waals surface area (Å²) in [6.07, 6.45) is 2.60. The highest BCUT2D eigenvalue weighted by Gasteiger charge is 2.22. The molecule has 1 aromatic carbocycles. The summed E-state index contributed by atoms with van der Waals surface area (Å²) in [5.74, 6) is 0.666. The van der Waals surface area contributed by atoms with Gasteiger partial charge < -0.3 is 10.1 Å². The molecule has 2 N–H and O–H groups in total. The molecule has 7 nitrogen and oxygen atoms in total. The van der Waals surface area contributed by atoms with Gasteiger partial charge in [0.05, 0.1) is 6.26 Å². The largest absolute Gasteiger partial charge is 0.439 e. The van der Waals surface area contributed by atoms with Crippen LogP contribution in [0.5, 0.6) is 11.6 Å². The molecule has 2 aromatic rings. The van der Waals surface area contributed by atoms with E-state index in [1.807, 2.05) is 0 Å². The van der Waals surface area contributed by atoms with Crippen LogP contribution < -0.4 is 14.8 Å². The number of ether oxygens (including phenoxy) is 1. The van der Waals surface area contributed by atoms with Gasteiger partial charge in [-0.05, 0) is 38.1 Å². The van der Waals surface area contributed by atoms with E-state index >= 15 is 0 Å². The van der Waals surface area contributed by atoms with Gasteiger partial charge in [-0.25, -0.2) is 22.5 Å². The first-order chi connectivity index (χ1) is 11.1. The molecule has 24 heavy (non-hydrogen) atoms. The molecule has 0 fully saturated rings. The predicted octanol–water partition coefficient (Wildman–Crippen LogP) is 2.15. The Hall–Kier alpha value is -2.26. The normalized spacial score (nSPS) is 12.0. The molecular formula is C15H19FN4O3S. The third-order valence-electron chi connectivity index (χ3n) is 2.82. The van der Waals surface area contributed by atoms with E-state index in [4.69, 9.17) is 4.74 Å². The van der Waals surface area contributed by atoms with Gasteiger partial charge in [0.2, 0.25) is 21.9 Å². The first kappa shape index (κ1) is 18.1. The smallest absolute Gasteiger partial charge is 0.226 e. The number of anilines is 1. The fourth-order valence-corrected chi connectivity index (χ4v) is 3.02. The molecule has 9 heteroatoms. The highest BCUT2D eigenvalue weighted by Crippen LogP contribution is 2.20. The molecule has 0 saturated heterocycles. The van der Waals surface area contributed by atoms with Crippen molar-refractivity contribution in [1.29, 1.82) is 0 Å². The van der Waals surface area contributed by atoms with Gasteiger partial charge in [-0.3, -0.25) is 0 Å². The summed E-state index contributed by atoms with van der Waals surface area (Å²) in [4.78, 5) is 8.23. The van der Waals surface area contributed by atoms with Gasteiger partial charge in [0.1, 0.15) is 11.6 Å². The van der Waals surface area contributed by atoms with Crippen LogP contribution in [0.15, 0.2) is 36.5 Å². The quantitative estimate of drug-likeness (QED) is 0.791. The van der Waals surface area contributed by atoms with Crippen LogP contribution in [0.3, 0.4) is 0 Å². The lowest BCUT2D eigenvalue weighted by Crippen LogP contribution is -2.47. The van der Waals surface area contributed by atoms with E-state index in [2.05, 4.69) is 20.0 Å². The molecule has 0 aliphatic rings. The maximum atomic E-state index is 12.9. The van der Waals surface area contributed by atoms with Crippen molar-refractivity contribution in [3.8, 4) is 11.6 Å². The van der Waals surface area contributed by atoms with E-state index in [0.717, 1.165) is 6.26 Å². The van der Waals surface area contributed by atoms with E-state index in [0.29, 0.717) is 5.75 Å². The second-order valence-electron chi connectivity index (χ2n) is 5.89. The van der Waals surface area contributed by atoms with Crippen LogP contribution in [0.1, 0.15) is 13.8 Å². The fourth-order valence-electron chi connectivity index (χ4n) is 1.95. The standard InChI is InChI=1S/C15H19FN4O3S/c1-15(2,20-24(3,21)22)10-18-14-17-9-8-13(19-14)23-12-6-4-11(16)5-7-12/h4-9,20H,10H2,1-3H3,(H,17,18,19). The average Bonchev–Trinajstić information content (AvgIpc) is 2.46. The summed E-state index contributed by atoms with van der Waals surface area (Å²) in [5.41, 5.74) is -0.717. The minimum atomic E-state index is -3.32. The van der Waals surface area contributed by atoms with Gasteiger partial charge in [0, 0.05) is 24.3 Å². The molecule has 1 heterocycles. The van der Waals surface area contributed by atoms with Crippen molar-refractivity contribution in [2.75, 3.05) is 18.1 Å². The van der Waals surface area contributed by atoms with Crippen LogP contribution in [-0.2, 0) is 10.0 Å². The van der Waals surface area contributed by atoms with Crippen molar-refractivity contribution in [3.63, 3.8) is 0 Å². The number of rotatable bonds is 7. The molecule has 0 unspecified atom stereocenters. The Bertz CT molecular complexity index is 795. The Kier molecular flexibility index (Phi) is 5.35. The minimum Gasteiger partial charge on any atom is -0.439 e. The second kappa shape index (κ2) is 7.10. The van der Waals surface area contributed by atoms with Gasteiger partial charge in [-0.15, -0.1) is 0 Å². The van der Waals surface area contributed by atoms with Crippen molar-refractivity contribution in [2.24, 2.45) is 0 Å². The lowest BCUT2D eigenvalue weighted by Gasteiger charge is -2.25. The zero-order chi connectivity index (χ0) is 17.8. The second-order valence-corrected chi connectivity index (χ2v) is 7.63. The van der Waals surface area contributed by atoms with Crippen LogP contribution in [-0.4, -0.2) is 36.7 Å². The molecule has 0 radical (unpaired) electrons. The molecule has 2 rings (SSSR count). The number of nitrogens with zero attached hydrogens (tertiary/aromatic N) is 2. The first-order valence-electron chi connectivity index (χ1n) is 7.12. The zero-order valence-corrected chi connectivity index (χ0v) is 14.4. The molecule has 0 aliphatic heterocycles. The third-order valence-corrected chi connectivity index (χ3v) is 3.74. The predicted molar refractivity (Wildman–Crippen MR) is 89.1 cm³/mol. The van der Waals surface area contributed by atoms with Crippen LogP contribution in [0.4, 0.5) is 10.3 Å². The van der Waals surface area contributed by atoms with Crippen LogP contribution in [0.25, 0.3) is 0 Å². The summed E-state index contributed by atoms with van der Waals surface area (Å²) in [7, 11) is -3.32. The zero-order valence-electron chi connectivity index (χ0n) is 13.6. The van der Waals surface area contributed by atoms with Crippen molar-refractivity contribution in [2.45, 2.75) is 19.4 Å². The van der Waals surface area contributed by atoms with Crippen molar-refractivity contribution < 1.29 is 17.5 Å². The molecule has 1 aromatic heterocycles. The van der Waals surface area contributed by atoms with Gasteiger partial charge in [-0.2, -0.15) is 4.98 Å². The Labute approximate surface area is 140 Å². The molecule has 0 spiro atoms. The molecule has 0 amide bonds. The first-order valence-corrected chi connectivity index (χ1v) is 9.01. The highest BCUT2D eigenvalue weighted by atomic mass is 32.2. The van der Waals surface area contributed by atoms with Gasteiger partial charge in [-0.1, -0.05) is 0 Å². The van der Waals surface area contributed by atoms with Crippen LogP contribution >= 0.6 is 0 Å². The third kappa shape index (κ3) is 6.09. The molecule has 0 bridgehead atoms. The molecule has 0 aliphatic carbocycles. The lowest BCUT2D eigenvalue weighted by atomic mass is 10.1. The van der Waals surface area contributed by atoms with Crippen LogP contribution in [0.2, 0.25) is 0 Å². The van der Waals surface area contributed by atoms with Gasteiger partial charge >= 0.3 is 0 Å². The average molecular weight is 354 g/mol. The molecule has 0 atom stereocenters. The number of halogens is 1. The number of nitrogens with one attached hydrogen (secondary N) is 2. The Morgan fingerprint density at radius 2 is 1.88 bits per heavy atom. The molecular weight excluding hydrogens is 335 g/mol. The van der Waals surface area contributed by atoms with Gasteiger partial charge in [0.15, 0.2) is 0 Å². The Balaban J connectivity index is 2.01. The molecule has 0 saturated carbocycles. The number of sulfonamides is 1. The number of aromatic nitrogens is 2. The SMILES string of the molecule is CC(C)(CNc1nccc(Oc2ccc(F)cc2)n1)NS(C)(=O)=O. The van der Waals surface area contributed by atoms with Crippen molar-refractivity contribution in [1.82, 2.24) is 14.7 Å². The highest BCUT2D eigenvalue weighted by molar-refractivity contribution is 7.88. The summed E-state index contributed by atoms with van der Waals surface area (Å²) in [5, 5.41) is 2.95. The molecule has 130 valence electrons. The van der Waals surface area contributed by atoms with E-state index in [-0.39, 0.29) is 24.2 Å². The maximum absolute atomic E-state index is 12.9. The van der Waals surface area contributed by atoms with Gasteiger partial charge in [0.25, 0.3) is 0 Å². The van der Waals surface area contributed by atoms with Crippen molar-refractivity contribution in [3.05, 3.63) is 42.3 Å². The fraction of sp³-hybridized carbons (Fsp3) is 0.333. The Morgan fingerprint density at radius 1 is 1.21 bits per heavy atom. The minimum absolute atomic E-state index is 0.278. The van der Waals surface area contributed by atoms with Crippen molar-refractivity contribution >= 4 is 16.0 Å². The Morgan fingerprint density at radius 3 is 2.50 bits per heavy atom. The number of hydrogen-bond acceptors (Lipinski definition) is 6. The van der Waals surface area contributed by atoms with E-state index in [9.17, 15) is 12.8 Å². The number of hydrogen-bond donors (Lipinski definition) is 2. The summed E-state index contributed by atoms with van der Waals surface area (Å²) < 4.78 is 43.6. The summed E-state index contributed by atoms with van der Waals surface area (Å²) >= 11 is 0. The monoisotopic (exact) mass is 354 g/mol.